The predicted molar refractivity (Wildman–Crippen MR) is 87.1 cm³/mol. The Morgan fingerprint density at radius 2 is 1.80 bits per heavy atom. The van der Waals surface area contributed by atoms with Gasteiger partial charge in [-0.15, -0.1) is 0 Å². The predicted octanol–water partition coefficient (Wildman–Crippen LogP) is 5.41. The van der Waals surface area contributed by atoms with Gasteiger partial charge in [0.1, 0.15) is 0 Å². The van der Waals surface area contributed by atoms with Crippen LogP contribution >= 0.6 is 0 Å². The summed E-state index contributed by atoms with van der Waals surface area (Å²) in [7, 11) is 0. The van der Waals surface area contributed by atoms with Crippen molar-refractivity contribution in [2.75, 3.05) is 5.32 Å². The Kier molecular flexibility index (Phi) is 4.65. The van der Waals surface area contributed by atoms with E-state index in [1.165, 1.54) is 69.0 Å². The van der Waals surface area contributed by atoms with E-state index >= 15 is 0 Å². The van der Waals surface area contributed by atoms with Crippen LogP contribution in [0.15, 0.2) is 24.3 Å². The molecule has 3 atom stereocenters. The lowest BCUT2D eigenvalue weighted by Crippen LogP contribution is -2.34. The van der Waals surface area contributed by atoms with Crippen molar-refractivity contribution in [3.8, 4) is 0 Å². The van der Waals surface area contributed by atoms with Gasteiger partial charge in [0.25, 0.3) is 0 Å². The molecule has 0 bridgehead atoms. The van der Waals surface area contributed by atoms with Crippen LogP contribution in [0.1, 0.15) is 63.9 Å². The van der Waals surface area contributed by atoms with Gasteiger partial charge in [-0.1, -0.05) is 57.2 Å². The van der Waals surface area contributed by atoms with E-state index in [9.17, 15) is 0 Å². The Balaban J connectivity index is 1.63. The van der Waals surface area contributed by atoms with Gasteiger partial charge in [0.2, 0.25) is 0 Å². The molecule has 1 aromatic rings. The summed E-state index contributed by atoms with van der Waals surface area (Å²) in [5, 5.41) is 3.87. The number of hydrogen-bond donors (Lipinski definition) is 1. The highest BCUT2D eigenvalue weighted by Crippen LogP contribution is 2.41. The minimum Gasteiger partial charge on any atom is -0.382 e. The number of benzene rings is 1. The molecule has 2 aliphatic rings. The second kappa shape index (κ2) is 6.65. The van der Waals surface area contributed by atoms with E-state index in [2.05, 4.69) is 36.5 Å². The molecule has 20 heavy (non-hydrogen) atoms. The third kappa shape index (κ3) is 3.19. The van der Waals surface area contributed by atoms with Crippen molar-refractivity contribution in [1.82, 2.24) is 0 Å². The van der Waals surface area contributed by atoms with Crippen LogP contribution in [-0.2, 0) is 6.42 Å². The van der Waals surface area contributed by atoms with Crippen LogP contribution in [0.2, 0.25) is 0 Å². The molecule has 2 fully saturated rings. The summed E-state index contributed by atoms with van der Waals surface area (Å²) < 4.78 is 0. The maximum Gasteiger partial charge on any atom is 0.0374 e. The molecular formula is C19H29N. The molecule has 1 aromatic carbocycles. The summed E-state index contributed by atoms with van der Waals surface area (Å²) in [6.45, 7) is 2.27. The Morgan fingerprint density at radius 1 is 1.00 bits per heavy atom. The molecule has 0 spiro atoms. The summed E-state index contributed by atoms with van der Waals surface area (Å²) in [5.41, 5.74) is 2.90. The summed E-state index contributed by atoms with van der Waals surface area (Å²) in [4.78, 5) is 0. The maximum atomic E-state index is 3.87. The van der Waals surface area contributed by atoms with Gasteiger partial charge in [-0.2, -0.15) is 0 Å². The van der Waals surface area contributed by atoms with Crippen LogP contribution in [0.4, 0.5) is 5.69 Å². The van der Waals surface area contributed by atoms with Crippen molar-refractivity contribution in [3.63, 3.8) is 0 Å². The number of para-hydroxylation sites is 1. The lowest BCUT2D eigenvalue weighted by Gasteiger charge is -2.40. The van der Waals surface area contributed by atoms with Gasteiger partial charge in [-0.05, 0) is 49.1 Å². The smallest absolute Gasteiger partial charge is 0.0374 e. The summed E-state index contributed by atoms with van der Waals surface area (Å²) in [6, 6.07) is 9.63. The number of aryl methyl sites for hydroxylation is 1. The minimum absolute atomic E-state index is 0.715. The fourth-order valence-corrected chi connectivity index (χ4v) is 4.37. The zero-order valence-electron chi connectivity index (χ0n) is 12.9. The average molecular weight is 271 g/mol. The van der Waals surface area contributed by atoms with E-state index < -0.39 is 0 Å². The van der Waals surface area contributed by atoms with Gasteiger partial charge in [-0.3, -0.25) is 0 Å². The highest BCUT2D eigenvalue weighted by Gasteiger charge is 2.32. The van der Waals surface area contributed by atoms with Gasteiger partial charge in [-0.25, -0.2) is 0 Å². The number of hydrogen-bond acceptors (Lipinski definition) is 1. The minimum atomic E-state index is 0.715. The normalized spacial score (nSPS) is 29.8. The molecule has 0 radical (unpaired) electrons. The van der Waals surface area contributed by atoms with Crippen LogP contribution in [0.25, 0.3) is 0 Å². The van der Waals surface area contributed by atoms with Crippen LogP contribution in [0.5, 0.6) is 0 Å². The molecule has 3 rings (SSSR count). The maximum absolute atomic E-state index is 3.87. The Bertz CT molecular complexity index is 426. The standard InChI is InChI=1S/C19H29N/c1-2-7-16-9-5-6-11-19(16)20-18-13-12-15-8-3-4-10-17(15)14-18/h5-6,9,11,15,17-18,20H,2-4,7-8,10,12-14H2,1H3. The highest BCUT2D eigenvalue weighted by atomic mass is 14.9. The number of fused-ring (bicyclic) bond motifs is 1. The van der Waals surface area contributed by atoms with Crippen LogP contribution in [0, 0.1) is 11.8 Å². The van der Waals surface area contributed by atoms with Gasteiger partial charge >= 0.3 is 0 Å². The summed E-state index contributed by atoms with van der Waals surface area (Å²) in [6.07, 6.45) is 12.6. The van der Waals surface area contributed by atoms with Crippen molar-refractivity contribution >= 4 is 5.69 Å². The fraction of sp³-hybridized carbons (Fsp3) is 0.684. The lowest BCUT2D eigenvalue weighted by molar-refractivity contribution is 0.162. The summed E-state index contributed by atoms with van der Waals surface area (Å²) >= 11 is 0. The zero-order chi connectivity index (χ0) is 13.8. The molecule has 1 N–H and O–H groups in total. The third-order valence-electron chi connectivity index (χ3n) is 5.44. The average Bonchev–Trinajstić information content (AvgIpc) is 2.49. The highest BCUT2D eigenvalue weighted by molar-refractivity contribution is 5.51. The van der Waals surface area contributed by atoms with Crippen LogP contribution in [-0.4, -0.2) is 6.04 Å². The van der Waals surface area contributed by atoms with Crippen molar-refractivity contribution in [3.05, 3.63) is 29.8 Å². The van der Waals surface area contributed by atoms with Crippen LogP contribution < -0.4 is 5.32 Å². The number of anilines is 1. The van der Waals surface area contributed by atoms with E-state index in [1.54, 1.807) is 0 Å². The number of rotatable bonds is 4. The molecule has 1 heteroatoms. The molecule has 110 valence electrons. The van der Waals surface area contributed by atoms with E-state index in [4.69, 9.17) is 0 Å². The van der Waals surface area contributed by atoms with E-state index in [0.29, 0.717) is 6.04 Å². The Hall–Kier alpha value is -0.980. The van der Waals surface area contributed by atoms with Crippen molar-refractivity contribution in [2.45, 2.75) is 70.8 Å². The van der Waals surface area contributed by atoms with Crippen molar-refractivity contribution in [1.29, 1.82) is 0 Å². The molecule has 0 aromatic heterocycles. The zero-order valence-corrected chi connectivity index (χ0v) is 12.9. The topological polar surface area (TPSA) is 12.0 Å². The molecule has 0 heterocycles. The first-order valence-electron chi connectivity index (χ1n) is 8.71. The first kappa shape index (κ1) is 14.0. The number of nitrogens with one attached hydrogen (secondary N) is 1. The van der Waals surface area contributed by atoms with Gasteiger partial charge < -0.3 is 5.32 Å². The SMILES string of the molecule is CCCc1ccccc1NC1CCC2CCCCC2C1. The molecule has 2 saturated carbocycles. The van der Waals surface area contributed by atoms with Crippen molar-refractivity contribution in [2.24, 2.45) is 11.8 Å². The van der Waals surface area contributed by atoms with Crippen LogP contribution in [0.3, 0.4) is 0 Å². The monoisotopic (exact) mass is 271 g/mol. The largest absolute Gasteiger partial charge is 0.382 e. The van der Waals surface area contributed by atoms with Gasteiger partial charge in [0.15, 0.2) is 0 Å². The molecule has 0 amide bonds. The molecule has 3 unspecified atom stereocenters. The molecular weight excluding hydrogens is 242 g/mol. The van der Waals surface area contributed by atoms with Crippen molar-refractivity contribution < 1.29 is 0 Å². The van der Waals surface area contributed by atoms with E-state index in [-0.39, 0.29) is 0 Å². The van der Waals surface area contributed by atoms with E-state index in [1.807, 2.05) is 0 Å². The fourth-order valence-electron chi connectivity index (χ4n) is 4.37. The third-order valence-corrected chi connectivity index (χ3v) is 5.44. The second-order valence-electron chi connectivity index (χ2n) is 6.87. The molecule has 2 aliphatic carbocycles. The second-order valence-corrected chi connectivity index (χ2v) is 6.87. The molecule has 0 aliphatic heterocycles. The first-order chi connectivity index (χ1) is 9.86. The molecule has 0 saturated heterocycles. The van der Waals surface area contributed by atoms with E-state index in [0.717, 1.165) is 11.8 Å². The molecule has 1 nitrogen and oxygen atoms in total. The lowest BCUT2D eigenvalue weighted by atomic mass is 9.69. The quantitative estimate of drug-likeness (QED) is 0.772. The first-order valence-corrected chi connectivity index (χ1v) is 8.71. The Morgan fingerprint density at radius 3 is 2.65 bits per heavy atom. The van der Waals surface area contributed by atoms with Gasteiger partial charge in [0.05, 0.1) is 0 Å². The van der Waals surface area contributed by atoms with Gasteiger partial charge in [0, 0.05) is 11.7 Å². The summed E-state index contributed by atoms with van der Waals surface area (Å²) in [5.74, 6) is 2.06. The Labute approximate surface area is 124 Å².